The quantitative estimate of drug-likeness (QED) is 0.836. The van der Waals surface area contributed by atoms with Gasteiger partial charge in [0, 0.05) is 35.6 Å². The molecule has 0 aliphatic carbocycles. The molecule has 0 saturated carbocycles. The minimum Gasteiger partial charge on any atom is -0.347 e. The summed E-state index contributed by atoms with van der Waals surface area (Å²) in [6, 6.07) is 7.11. The van der Waals surface area contributed by atoms with Crippen LogP contribution in [0.25, 0.3) is 0 Å². The molecule has 3 aliphatic rings. The van der Waals surface area contributed by atoms with Gasteiger partial charge in [0.1, 0.15) is 5.82 Å². The van der Waals surface area contributed by atoms with Gasteiger partial charge in [0.15, 0.2) is 0 Å². The second kappa shape index (κ2) is 4.94. The van der Waals surface area contributed by atoms with Gasteiger partial charge >= 0.3 is 0 Å². The first kappa shape index (κ1) is 13.0. The first-order valence-corrected chi connectivity index (χ1v) is 7.94. The minimum absolute atomic E-state index is 0.515. The van der Waals surface area contributed by atoms with Crippen molar-refractivity contribution in [2.45, 2.75) is 25.4 Å². The van der Waals surface area contributed by atoms with Crippen molar-refractivity contribution in [2.75, 3.05) is 22.9 Å². The van der Waals surface area contributed by atoms with Gasteiger partial charge in [0.2, 0.25) is 5.95 Å². The number of aryl methyl sites for hydroxylation is 1. The van der Waals surface area contributed by atoms with Gasteiger partial charge in [-0.2, -0.15) is 0 Å². The highest BCUT2D eigenvalue weighted by Crippen LogP contribution is 2.37. The van der Waals surface area contributed by atoms with Crippen molar-refractivity contribution in [3.8, 4) is 0 Å². The van der Waals surface area contributed by atoms with E-state index >= 15 is 0 Å². The molecule has 108 valence electrons. The molecular formula is C15H16BrN5. The highest BCUT2D eigenvalue weighted by atomic mass is 79.9. The fourth-order valence-corrected chi connectivity index (χ4v) is 3.49. The molecule has 0 radical (unpaired) electrons. The van der Waals surface area contributed by atoms with Crippen LogP contribution in [0, 0.1) is 6.92 Å². The van der Waals surface area contributed by atoms with E-state index in [1.165, 1.54) is 6.42 Å². The highest BCUT2D eigenvalue weighted by Gasteiger charge is 2.45. The monoisotopic (exact) mass is 345 g/mol. The first-order chi connectivity index (χ1) is 10.2. The summed E-state index contributed by atoms with van der Waals surface area (Å²) in [6.45, 7) is 3.95. The van der Waals surface area contributed by atoms with E-state index in [0.29, 0.717) is 12.1 Å². The van der Waals surface area contributed by atoms with Crippen molar-refractivity contribution in [2.24, 2.45) is 0 Å². The van der Waals surface area contributed by atoms with Crippen LogP contribution in [-0.2, 0) is 0 Å². The van der Waals surface area contributed by atoms with E-state index in [1.807, 2.05) is 25.4 Å². The Morgan fingerprint density at radius 3 is 2.62 bits per heavy atom. The summed E-state index contributed by atoms with van der Waals surface area (Å²) >= 11 is 3.44. The topological polar surface area (TPSA) is 45.2 Å². The molecule has 5 heterocycles. The van der Waals surface area contributed by atoms with E-state index in [9.17, 15) is 0 Å². The van der Waals surface area contributed by atoms with Crippen molar-refractivity contribution >= 4 is 27.7 Å². The third-order valence-electron chi connectivity index (χ3n) is 4.23. The third-order valence-corrected chi connectivity index (χ3v) is 4.70. The third kappa shape index (κ3) is 2.27. The maximum absolute atomic E-state index is 4.54. The molecule has 3 aliphatic heterocycles. The zero-order valence-electron chi connectivity index (χ0n) is 11.8. The Labute approximate surface area is 132 Å². The molecule has 0 amide bonds. The van der Waals surface area contributed by atoms with Gasteiger partial charge in [0.25, 0.3) is 0 Å². The summed E-state index contributed by atoms with van der Waals surface area (Å²) in [6.07, 6.45) is 4.94. The minimum atomic E-state index is 0.515. The van der Waals surface area contributed by atoms with Crippen LogP contribution in [0.4, 0.5) is 11.8 Å². The largest absolute Gasteiger partial charge is 0.347 e. The fourth-order valence-electron chi connectivity index (χ4n) is 3.26. The summed E-state index contributed by atoms with van der Waals surface area (Å²) in [5, 5.41) is 0. The number of rotatable bonds is 2. The van der Waals surface area contributed by atoms with Crippen LogP contribution in [-0.4, -0.2) is 40.1 Å². The zero-order valence-corrected chi connectivity index (χ0v) is 13.4. The maximum atomic E-state index is 4.54. The van der Waals surface area contributed by atoms with Crippen molar-refractivity contribution < 1.29 is 0 Å². The van der Waals surface area contributed by atoms with Crippen LogP contribution in [0.1, 0.15) is 12.1 Å². The van der Waals surface area contributed by atoms with Crippen LogP contribution >= 0.6 is 15.9 Å². The van der Waals surface area contributed by atoms with Crippen LogP contribution in [0.5, 0.6) is 0 Å². The van der Waals surface area contributed by atoms with Crippen LogP contribution in [0.15, 0.2) is 35.1 Å². The van der Waals surface area contributed by atoms with Crippen LogP contribution in [0.3, 0.4) is 0 Å². The lowest BCUT2D eigenvalue weighted by atomic mass is 9.87. The SMILES string of the molecule is Cc1ccnc(N2CC3CC(C2)N3c2ccc(Br)cn2)n1. The van der Waals surface area contributed by atoms with E-state index in [4.69, 9.17) is 0 Å². The summed E-state index contributed by atoms with van der Waals surface area (Å²) < 4.78 is 1.02. The predicted octanol–water partition coefficient (Wildman–Crippen LogP) is 2.41. The van der Waals surface area contributed by atoms with E-state index in [1.54, 1.807) is 0 Å². The Balaban J connectivity index is 1.52. The number of anilines is 2. The molecule has 2 bridgehead atoms. The number of hydrogen-bond donors (Lipinski definition) is 0. The van der Waals surface area contributed by atoms with E-state index in [-0.39, 0.29) is 0 Å². The normalized spacial score (nSPS) is 23.9. The molecule has 0 aromatic carbocycles. The molecule has 0 N–H and O–H groups in total. The second-order valence-corrected chi connectivity index (χ2v) is 6.60. The molecule has 2 unspecified atom stereocenters. The van der Waals surface area contributed by atoms with Gasteiger partial charge in [-0.05, 0) is 47.5 Å². The lowest BCUT2D eigenvalue weighted by Gasteiger charge is -2.56. The van der Waals surface area contributed by atoms with E-state index < -0.39 is 0 Å². The standard InChI is InChI=1S/C15H16BrN5/c1-10-4-5-17-15(19-10)20-8-12-6-13(9-20)21(12)14-3-2-11(16)7-18-14/h2-5,7,12-13H,6,8-9H2,1H3. The molecule has 5 rings (SSSR count). The van der Waals surface area contributed by atoms with Crippen molar-refractivity contribution in [1.29, 1.82) is 0 Å². The number of piperazine rings is 1. The molecule has 2 aromatic rings. The number of pyridine rings is 1. The van der Waals surface area contributed by atoms with Gasteiger partial charge in [-0.3, -0.25) is 0 Å². The predicted molar refractivity (Wildman–Crippen MR) is 85.6 cm³/mol. The number of halogens is 1. The average molecular weight is 346 g/mol. The number of hydrogen-bond acceptors (Lipinski definition) is 5. The molecule has 0 spiro atoms. The van der Waals surface area contributed by atoms with Gasteiger partial charge in [0.05, 0.1) is 12.1 Å². The van der Waals surface area contributed by atoms with Gasteiger partial charge in [-0.1, -0.05) is 0 Å². The molecule has 2 atom stereocenters. The summed E-state index contributed by atoms with van der Waals surface area (Å²) in [4.78, 5) is 18.2. The Kier molecular flexibility index (Phi) is 3.06. The molecule has 3 fully saturated rings. The average Bonchev–Trinajstić information content (AvgIpc) is 2.49. The summed E-state index contributed by atoms with van der Waals surface area (Å²) in [7, 11) is 0. The lowest BCUT2D eigenvalue weighted by Crippen LogP contribution is -2.69. The smallest absolute Gasteiger partial charge is 0.225 e. The van der Waals surface area contributed by atoms with Gasteiger partial charge in [-0.15, -0.1) is 0 Å². The Morgan fingerprint density at radius 1 is 1.14 bits per heavy atom. The van der Waals surface area contributed by atoms with Gasteiger partial charge in [-0.25, -0.2) is 15.0 Å². The molecule has 6 heteroatoms. The Morgan fingerprint density at radius 2 is 1.95 bits per heavy atom. The van der Waals surface area contributed by atoms with Crippen molar-refractivity contribution in [1.82, 2.24) is 15.0 Å². The first-order valence-electron chi connectivity index (χ1n) is 7.15. The second-order valence-electron chi connectivity index (χ2n) is 5.69. The maximum Gasteiger partial charge on any atom is 0.225 e. The molecule has 3 saturated heterocycles. The molecule has 5 nitrogen and oxygen atoms in total. The molecule has 21 heavy (non-hydrogen) atoms. The molecule has 2 aromatic heterocycles. The Hall–Kier alpha value is -1.69. The van der Waals surface area contributed by atoms with Crippen molar-refractivity contribution in [3.05, 3.63) is 40.8 Å². The highest BCUT2D eigenvalue weighted by molar-refractivity contribution is 9.10. The lowest BCUT2D eigenvalue weighted by molar-refractivity contribution is 0.286. The van der Waals surface area contributed by atoms with Crippen molar-refractivity contribution in [3.63, 3.8) is 0 Å². The number of piperidine rings is 1. The van der Waals surface area contributed by atoms with Gasteiger partial charge < -0.3 is 9.80 Å². The number of nitrogens with zero attached hydrogens (tertiary/aromatic N) is 5. The van der Waals surface area contributed by atoms with Crippen LogP contribution in [0.2, 0.25) is 0 Å². The number of fused-ring (bicyclic) bond motifs is 2. The van der Waals surface area contributed by atoms with Crippen LogP contribution < -0.4 is 9.80 Å². The summed E-state index contributed by atoms with van der Waals surface area (Å²) in [5.41, 5.74) is 1.02. The number of aromatic nitrogens is 3. The van der Waals surface area contributed by atoms with E-state index in [0.717, 1.165) is 35.0 Å². The zero-order chi connectivity index (χ0) is 14.4. The molecular weight excluding hydrogens is 330 g/mol. The van der Waals surface area contributed by atoms with E-state index in [2.05, 4.69) is 52.8 Å². The summed E-state index contributed by atoms with van der Waals surface area (Å²) in [5.74, 6) is 1.93. The fraction of sp³-hybridized carbons (Fsp3) is 0.400. The Bertz CT molecular complexity index is 647.